The van der Waals surface area contributed by atoms with Crippen LogP contribution < -0.4 is 10.6 Å². The molecule has 0 aliphatic carbocycles. The molecule has 0 bridgehead atoms. The summed E-state index contributed by atoms with van der Waals surface area (Å²) in [5.74, 6) is 0.104. The van der Waals surface area contributed by atoms with Gasteiger partial charge in [-0.05, 0) is 61.1 Å². The number of rotatable bonds is 6. The van der Waals surface area contributed by atoms with Gasteiger partial charge in [0.2, 0.25) is 5.91 Å². The highest BCUT2D eigenvalue weighted by molar-refractivity contribution is 14.1. The minimum Gasteiger partial charge on any atom is -0.354 e. The maximum atomic E-state index is 11.5. The Kier molecular flexibility index (Phi) is 6.63. The molecule has 0 radical (unpaired) electrons. The van der Waals surface area contributed by atoms with Crippen LogP contribution in [0.25, 0.3) is 0 Å². The Morgan fingerprint density at radius 1 is 1.22 bits per heavy atom. The molecule has 100 valence electrons. The molecule has 1 aromatic carbocycles. The lowest BCUT2D eigenvalue weighted by atomic mass is 10.1. The topological polar surface area (TPSA) is 41.1 Å². The molecule has 1 aromatic rings. The van der Waals surface area contributed by atoms with Crippen molar-refractivity contribution in [2.24, 2.45) is 0 Å². The van der Waals surface area contributed by atoms with E-state index in [0.717, 1.165) is 0 Å². The molecule has 18 heavy (non-hydrogen) atoms. The van der Waals surface area contributed by atoms with Crippen LogP contribution in [0.2, 0.25) is 0 Å². The minimum absolute atomic E-state index is 0.104. The second-order valence-corrected chi connectivity index (χ2v) is 5.95. The highest BCUT2D eigenvalue weighted by Crippen LogP contribution is 2.14. The average molecular weight is 360 g/mol. The fourth-order valence-electron chi connectivity index (χ4n) is 1.67. The fourth-order valence-corrected chi connectivity index (χ4v) is 2.03. The van der Waals surface area contributed by atoms with Crippen molar-refractivity contribution in [2.75, 3.05) is 6.54 Å². The summed E-state index contributed by atoms with van der Waals surface area (Å²) in [6.45, 7) is 6.76. The number of hydrogen-bond donors (Lipinski definition) is 2. The maximum Gasteiger partial charge on any atom is 0.221 e. The molecule has 0 aliphatic rings. The Morgan fingerprint density at radius 2 is 1.83 bits per heavy atom. The van der Waals surface area contributed by atoms with Gasteiger partial charge in [0.25, 0.3) is 0 Å². The third-order valence-electron chi connectivity index (χ3n) is 2.62. The minimum atomic E-state index is 0.104. The van der Waals surface area contributed by atoms with Crippen molar-refractivity contribution >= 4 is 28.5 Å². The van der Waals surface area contributed by atoms with Crippen molar-refractivity contribution in [3.8, 4) is 0 Å². The zero-order valence-electron chi connectivity index (χ0n) is 11.2. The van der Waals surface area contributed by atoms with Gasteiger partial charge in [-0.15, -0.1) is 0 Å². The molecule has 0 fully saturated rings. The van der Waals surface area contributed by atoms with Gasteiger partial charge in [-0.25, -0.2) is 0 Å². The lowest BCUT2D eigenvalue weighted by Gasteiger charge is -2.14. The van der Waals surface area contributed by atoms with Crippen LogP contribution in [0.4, 0.5) is 0 Å². The second kappa shape index (κ2) is 7.74. The first-order valence-electron chi connectivity index (χ1n) is 6.27. The van der Waals surface area contributed by atoms with E-state index in [1.807, 2.05) is 13.8 Å². The number of amides is 1. The van der Waals surface area contributed by atoms with Gasteiger partial charge in [0.15, 0.2) is 0 Å². The summed E-state index contributed by atoms with van der Waals surface area (Å²) >= 11 is 2.29. The number of halogens is 1. The summed E-state index contributed by atoms with van der Waals surface area (Å²) in [6, 6.07) is 8.92. The summed E-state index contributed by atoms with van der Waals surface area (Å²) in [5, 5.41) is 6.24. The van der Waals surface area contributed by atoms with E-state index in [-0.39, 0.29) is 18.0 Å². The van der Waals surface area contributed by atoms with Gasteiger partial charge in [-0.1, -0.05) is 12.1 Å². The standard InChI is InChI=1S/C14H21IN2O/c1-10(2)17-14(18)8-9-16-11(3)12-4-6-13(15)7-5-12/h4-7,10-11,16H,8-9H2,1-3H3,(H,17,18). The number of carbonyl (C=O) groups excluding carboxylic acids is 1. The van der Waals surface area contributed by atoms with Crippen LogP contribution in [0, 0.1) is 3.57 Å². The van der Waals surface area contributed by atoms with Crippen molar-refractivity contribution in [3.05, 3.63) is 33.4 Å². The Bertz CT molecular complexity index is 376. The van der Waals surface area contributed by atoms with Crippen molar-refractivity contribution in [1.82, 2.24) is 10.6 Å². The summed E-state index contributed by atoms with van der Waals surface area (Å²) < 4.78 is 1.24. The molecule has 0 aliphatic heterocycles. The second-order valence-electron chi connectivity index (χ2n) is 4.70. The molecule has 1 rings (SSSR count). The van der Waals surface area contributed by atoms with Crippen LogP contribution in [0.5, 0.6) is 0 Å². The molecule has 0 saturated carbocycles. The summed E-state index contributed by atoms with van der Waals surface area (Å²) in [6.07, 6.45) is 0.521. The van der Waals surface area contributed by atoms with Gasteiger partial charge < -0.3 is 10.6 Å². The first kappa shape index (κ1) is 15.4. The van der Waals surface area contributed by atoms with Gasteiger partial charge in [-0.3, -0.25) is 4.79 Å². The lowest BCUT2D eigenvalue weighted by Crippen LogP contribution is -2.33. The zero-order chi connectivity index (χ0) is 13.5. The molecule has 0 saturated heterocycles. The molecule has 1 atom stereocenters. The van der Waals surface area contributed by atoms with Crippen LogP contribution in [0.3, 0.4) is 0 Å². The van der Waals surface area contributed by atoms with Crippen LogP contribution in [0.15, 0.2) is 24.3 Å². The van der Waals surface area contributed by atoms with Crippen LogP contribution in [-0.4, -0.2) is 18.5 Å². The first-order valence-corrected chi connectivity index (χ1v) is 7.35. The van der Waals surface area contributed by atoms with E-state index in [1.165, 1.54) is 9.13 Å². The van der Waals surface area contributed by atoms with Gasteiger partial charge >= 0.3 is 0 Å². The fraction of sp³-hybridized carbons (Fsp3) is 0.500. The van der Waals surface area contributed by atoms with Gasteiger partial charge in [0.1, 0.15) is 0 Å². The van der Waals surface area contributed by atoms with E-state index in [9.17, 15) is 4.79 Å². The van der Waals surface area contributed by atoms with Crippen LogP contribution >= 0.6 is 22.6 Å². The molecule has 0 spiro atoms. The zero-order valence-corrected chi connectivity index (χ0v) is 13.3. The van der Waals surface area contributed by atoms with Crippen molar-refractivity contribution in [2.45, 2.75) is 39.3 Å². The Labute approximate surface area is 123 Å². The Hall–Kier alpha value is -0.620. The van der Waals surface area contributed by atoms with Crippen molar-refractivity contribution < 1.29 is 4.79 Å². The number of carbonyl (C=O) groups is 1. The predicted octanol–water partition coefficient (Wildman–Crippen LogP) is 2.86. The highest BCUT2D eigenvalue weighted by atomic mass is 127. The van der Waals surface area contributed by atoms with E-state index in [4.69, 9.17) is 0 Å². The van der Waals surface area contributed by atoms with Crippen LogP contribution in [0.1, 0.15) is 38.8 Å². The first-order chi connectivity index (χ1) is 8.49. The molecule has 3 nitrogen and oxygen atoms in total. The monoisotopic (exact) mass is 360 g/mol. The normalized spacial score (nSPS) is 12.5. The summed E-state index contributed by atoms with van der Waals surface area (Å²) in [7, 11) is 0. The van der Waals surface area contributed by atoms with E-state index in [1.54, 1.807) is 0 Å². The maximum absolute atomic E-state index is 11.5. The molecule has 2 N–H and O–H groups in total. The number of benzene rings is 1. The van der Waals surface area contributed by atoms with Crippen molar-refractivity contribution in [3.63, 3.8) is 0 Å². The van der Waals surface area contributed by atoms with Gasteiger partial charge in [0.05, 0.1) is 0 Å². The van der Waals surface area contributed by atoms with E-state index in [2.05, 4.69) is 64.4 Å². The van der Waals surface area contributed by atoms with Gasteiger partial charge in [-0.2, -0.15) is 0 Å². The summed E-state index contributed by atoms with van der Waals surface area (Å²) in [4.78, 5) is 11.5. The number of hydrogen-bond acceptors (Lipinski definition) is 2. The lowest BCUT2D eigenvalue weighted by molar-refractivity contribution is -0.121. The van der Waals surface area contributed by atoms with E-state index in [0.29, 0.717) is 13.0 Å². The van der Waals surface area contributed by atoms with E-state index >= 15 is 0 Å². The molecule has 1 unspecified atom stereocenters. The SMILES string of the molecule is CC(C)NC(=O)CCNC(C)c1ccc(I)cc1. The third-order valence-corrected chi connectivity index (χ3v) is 3.34. The third kappa shape index (κ3) is 5.82. The summed E-state index contributed by atoms with van der Waals surface area (Å²) in [5.41, 5.74) is 1.25. The number of nitrogens with one attached hydrogen (secondary N) is 2. The Morgan fingerprint density at radius 3 is 2.39 bits per heavy atom. The van der Waals surface area contributed by atoms with Gasteiger partial charge in [0, 0.05) is 28.6 Å². The quantitative estimate of drug-likeness (QED) is 0.766. The molecular formula is C14H21IN2O. The molecule has 0 heterocycles. The Balaban J connectivity index is 2.31. The average Bonchev–Trinajstić information content (AvgIpc) is 2.28. The van der Waals surface area contributed by atoms with E-state index < -0.39 is 0 Å². The molecular weight excluding hydrogens is 339 g/mol. The molecule has 4 heteroatoms. The largest absolute Gasteiger partial charge is 0.354 e. The molecule has 0 aromatic heterocycles. The predicted molar refractivity (Wildman–Crippen MR) is 83.5 cm³/mol. The van der Waals surface area contributed by atoms with Crippen LogP contribution in [-0.2, 0) is 4.79 Å². The highest BCUT2D eigenvalue weighted by Gasteiger charge is 2.06. The van der Waals surface area contributed by atoms with Crippen molar-refractivity contribution in [1.29, 1.82) is 0 Å². The molecule has 1 amide bonds. The smallest absolute Gasteiger partial charge is 0.221 e.